The molecule has 0 aromatic carbocycles. The standard InChI is InChI=1S/C12H21NO3S/c1-4-13(10-5-6-10)11(14)8-17-9(2)7-12(15)16-3/h9-10H,4-8H2,1-3H3. The summed E-state index contributed by atoms with van der Waals surface area (Å²) in [5.41, 5.74) is 0. The van der Waals surface area contributed by atoms with Crippen molar-refractivity contribution in [2.45, 2.75) is 44.4 Å². The van der Waals surface area contributed by atoms with Gasteiger partial charge in [-0.2, -0.15) is 0 Å². The predicted octanol–water partition coefficient (Wildman–Crippen LogP) is 1.68. The number of rotatable bonds is 7. The fourth-order valence-electron chi connectivity index (χ4n) is 1.70. The fourth-order valence-corrected chi connectivity index (χ4v) is 2.54. The van der Waals surface area contributed by atoms with Crippen molar-refractivity contribution in [1.82, 2.24) is 4.90 Å². The quantitative estimate of drug-likeness (QED) is 0.653. The number of carbonyl (C=O) groups excluding carboxylic acids is 2. The molecule has 1 fully saturated rings. The smallest absolute Gasteiger partial charge is 0.306 e. The van der Waals surface area contributed by atoms with Crippen LogP contribution < -0.4 is 0 Å². The summed E-state index contributed by atoms with van der Waals surface area (Å²) in [6, 6.07) is 0.476. The second-order valence-electron chi connectivity index (χ2n) is 4.31. The second kappa shape index (κ2) is 6.89. The Kier molecular flexibility index (Phi) is 5.82. The van der Waals surface area contributed by atoms with E-state index in [1.165, 1.54) is 18.9 Å². The van der Waals surface area contributed by atoms with Crippen LogP contribution in [0, 0.1) is 0 Å². The van der Waals surface area contributed by atoms with Crippen LogP contribution in [0.2, 0.25) is 0 Å². The maximum atomic E-state index is 11.9. The van der Waals surface area contributed by atoms with E-state index in [9.17, 15) is 9.59 Å². The molecule has 1 rings (SSSR count). The minimum Gasteiger partial charge on any atom is -0.469 e. The van der Waals surface area contributed by atoms with Gasteiger partial charge in [0.25, 0.3) is 0 Å². The van der Waals surface area contributed by atoms with Gasteiger partial charge in [0.2, 0.25) is 5.91 Å². The van der Waals surface area contributed by atoms with Crippen LogP contribution in [0.1, 0.15) is 33.1 Å². The van der Waals surface area contributed by atoms with E-state index in [-0.39, 0.29) is 17.1 Å². The van der Waals surface area contributed by atoms with Crippen molar-refractivity contribution in [3.05, 3.63) is 0 Å². The average Bonchev–Trinajstić information content (AvgIpc) is 3.11. The number of ether oxygens (including phenoxy) is 1. The first-order valence-corrected chi connectivity index (χ1v) is 7.11. The molecule has 5 heteroatoms. The van der Waals surface area contributed by atoms with Gasteiger partial charge >= 0.3 is 5.97 Å². The molecule has 98 valence electrons. The highest BCUT2D eigenvalue weighted by Gasteiger charge is 2.31. The summed E-state index contributed by atoms with van der Waals surface area (Å²) in [5, 5.41) is 0.129. The molecular formula is C12H21NO3S. The molecule has 1 saturated carbocycles. The van der Waals surface area contributed by atoms with Gasteiger partial charge in [0.1, 0.15) is 0 Å². The second-order valence-corrected chi connectivity index (χ2v) is 5.74. The van der Waals surface area contributed by atoms with E-state index in [0.29, 0.717) is 18.2 Å². The van der Waals surface area contributed by atoms with Gasteiger partial charge in [-0.25, -0.2) is 0 Å². The third-order valence-electron chi connectivity index (χ3n) is 2.82. The third kappa shape index (κ3) is 4.98. The number of hydrogen-bond donors (Lipinski definition) is 0. The maximum absolute atomic E-state index is 11.9. The molecule has 0 bridgehead atoms. The first kappa shape index (κ1) is 14.4. The molecule has 0 N–H and O–H groups in total. The number of thioether (sulfide) groups is 1. The van der Waals surface area contributed by atoms with Crippen LogP contribution in [-0.2, 0) is 14.3 Å². The first-order valence-electron chi connectivity index (χ1n) is 6.06. The Morgan fingerprint density at radius 1 is 1.47 bits per heavy atom. The Hall–Kier alpha value is -0.710. The number of methoxy groups -OCH3 is 1. The molecule has 0 aliphatic heterocycles. The molecule has 0 aromatic heterocycles. The maximum Gasteiger partial charge on any atom is 0.306 e. The van der Waals surface area contributed by atoms with Crippen molar-refractivity contribution in [3.63, 3.8) is 0 Å². The lowest BCUT2D eigenvalue weighted by Gasteiger charge is -2.20. The summed E-state index contributed by atoms with van der Waals surface area (Å²) in [5.74, 6) is 0.436. The van der Waals surface area contributed by atoms with Crippen LogP contribution in [0.15, 0.2) is 0 Å². The van der Waals surface area contributed by atoms with Crippen molar-refractivity contribution in [1.29, 1.82) is 0 Å². The SMILES string of the molecule is CCN(C(=O)CSC(C)CC(=O)OC)C1CC1. The highest BCUT2D eigenvalue weighted by atomic mass is 32.2. The van der Waals surface area contributed by atoms with Gasteiger partial charge in [-0.1, -0.05) is 6.92 Å². The van der Waals surface area contributed by atoms with E-state index in [4.69, 9.17) is 0 Å². The lowest BCUT2D eigenvalue weighted by atomic mass is 10.3. The van der Waals surface area contributed by atoms with E-state index in [0.717, 1.165) is 19.4 Å². The molecule has 0 aromatic rings. The van der Waals surface area contributed by atoms with E-state index in [2.05, 4.69) is 4.74 Å². The summed E-state index contributed by atoms with van der Waals surface area (Å²) < 4.78 is 4.60. The Morgan fingerprint density at radius 2 is 2.12 bits per heavy atom. The summed E-state index contributed by atoms with van der Waals surface area (Å²) >= 11 is 1.53. The Balaban J connectivity index is 2.24. The highest BCUT2D eigenvalue weighted by Crippen LogP contribution is 2.27. The number of carbonyl (C=O) groups is 2. The molecule has 4 nitrogen and oxygen atoms in total. The minimum absolute atomic E-state index is 0.129. The summed E-state index contributed by atoms with van der Waals surface area (Å²) in [6.07, 6.45) is 2.65. The van der Waals surface area contributed by atoms with Gasteiger partial charge < -0.3 is 9.64 Å². The van der Waals surface area contributed by atoms with Gasteiger partial charge in [-0.05, 0) is 19.8 Å². The lowest BCUT2D eigenvalue weighted by Crippen LogP contribution is -2.34. The molecule has 1 amide bonds. The van der Waals surface area contributed by atoms with E-state index in [1.807, 2.05) is 18.7 Å². The molecule has 0 saturated heterocycles. The Labute approximate surface area is 107 Å². The Bertz CT molecular complexity index is 279. The highest BCUT2D eigenvalue weighted by molar-refractivity contribution is 8.00. The van der Waals surface area contributed by atoms with Gasteiger partial charge in [0.15, 0.2) is 0 Å². The largest absolute Gasteiger partial charge is 0.469 e. The van der Waals surface area contributed by atoms with Crippen LogP contribution in [-0.4, -0.2) is 47.5 Å². The molecule has 0 spiro atoms. The summed E-state index contributed by atoms with van der Waals surface area (Å²) in [7, 11) is 1.39. The molecular weight excluding hydrogens is 238 g/mol. The number of amides is 1. The summed E-state index contributed by atoms with van der Waals surface area (Å²) in [4.78, 5) is 24.9. The van der Waals surface area contributed by atoms with Crippen LogP contribution in [0.5, 0.6) is 0 Å². The zero-order valence-electron chi connectivity index (χ0n) is 10.8. The molecule has 1 unspecified atom stereocenters. The predicted molar refractivity (Wildman–Crippen MR) is 69.0 cm³/mol. The van der Waals surface area contributed by atoms with E-state index >= 15 is 0 Å². The Morgan fingerprint density at radius 3 is 2.59 bits per heavy atom. The zero-order valence-corrected chi connectivity index (χ0v) is 11.6. The van der Waals surface area contributed by atoms with Crippen LogP contribution in [0.25, 0.3) is 0 Å². The molecule has 0 radical (unpaired) electrons. The number of esters is 1. The zero-order chi connectivity index (χ0) is 12.8. The summed E-state index contributed by atoms with van der Waals surface area (Å²) in [6.45, 7) is 4.75. The van der Waals surface area contributed by atoms with Crippen LogP contribution in [0.4, 0.5) is 0 Å². The molecule has 1 aliphatic carbocycles. The lowest BCUT2D eigenvalue weighted by molar-refractivity contribution is -0.140. The van der Waals surface area contributed by atoms with E-state index in [1.54, 1.807) is 0 Å². The molecule has 17 heavy (non-hydrogen) atoms. The first-order chi connectivity index (χ1) is 8.08. The third-order valence-corrected chi connectivity index (χ3v) is 3.97. The minimum atomic E-state index is -0.216. The van der Waals surface area contributed by atoms with Crippen LogP contribution in [0.3, 0.4) is 0 Å². The van der Waals surface area contributed by atoms with Crippen molar-refractivity contribution in [2.75, 3.05) is 19.4 Å². The topological polar surface area (TPSA) is 46.6 Å². The fraction of sp³-hybridized carbons (Fsp3) is 0.833. The average molecular weight is 259 g/mol. The molecule has 1 aliphatic rings. The van der Waals surface area contributed by atoms with Crippen molar-refractivity contribution in [2.24, 2.45) is 0 Å². The van der Waals surface area contributed by atoms with Crippen molar-refractivity contribution < 1.29 is 14.3 Å². The van der Waals surface area contributed by atoms with Crippen LogP contribution >= 0.6 is 11.8 Å². The number of nitrogens with zero attached hydrogens (tertiary/aromatic N) is 1. The normalized spacial score (nSPS) is 16.4. The number of hydrogen-bond acceptors (Lipinski definition) is 4. The van der Waals surface area contributed by atoms with Gasteiger partial charge in [0, 0.05) is 17.8 Å². The molecule has 1 atom stereocenters. The molecule has 0 heterocycles. The van der Waals surface area contributed by atoms with Gasteiger partial charge in [-0.15, -0.1) is 11.8 Å². The van der Waals surface area contributed by atoms with Gasteiger partial charge in [0.05, 0.1) is 19.3 Å². The van der Waals surface area contributed by atoms with E-state index < -0.39 is 0 Å². The van der Waals surface area contributed by atoms with Gasteiger partial charge in [-0.3, -0.25) is 9.59 Å². The monoisotopic (exact) mass is 259 g/mol. The van der Waals surface area contributed by atoms with Crippen molar-refractivity contribution >= 4 is 23.6 Å². The van der Waals surface area contributed by atoms with Crippen molar-refractivity contribution in [3.8, 4) is 0 Å².